The number of rotatable bonds is 7. The predicted molar refractivity (Wildman–Crippen MR) is 99.0 cm³/mol. The van der Waals surface area contributed by atoms with Crippen LogP contribution in [0, 0.1) is 5.92 Å². The van der Waals surface area contributed by atoms with Gasteiger partial charge < -0.3 is 14.7 Å². The van der Waals surface area contributed by atoms with Gasteiger partial charge in [-0.1, -0.05) is 12.1 Å². The molecule has 0 bridgehead atoms. The summed E-state index contributed by atoms with van der Waals surface area (Å²) in [5, 5.41) is 9.26. The smallest absolute Gasteiger partial charge is 0.337 e. The monoisotopic (exact) mass is 398 g/mol. The summed E-state index contributed by atoms with van der Waals surface area (Å²) in [6.07, 6.45) is 0.800. The second-order valence-corrected chi connectivity index (χ2v) is 8.64. The number of likely N-dealkylation sites (N-methyl/N-ethyl adjacent to an activating group) is 1. The standard InChI is InChI=1S/C18H26N2O6S/c1-13(12-26-3)19(2)17(21)14-8-10-20(11-9-14)27(24,25)16-7-5-4-6-15(16)18(22)23/h4-7,13-14H,8-12H2,1-3H3,(H,22,23). The van der Waals surface area contributed by atoms with Crippen LogP contribution in [0.3, 0.4) is 0 Å². The van der Waals surface area contributed by atoms with E-state index in [1.165, 1.54) is 28.6 Å². The third-order valence-corrected chi connectivity index (χ3v) is 6.91. The number of carboxylic acid groups (broad SMARTS) is 1. The van der Waals surface area contributed by atoms with Crippen LogP contribution in [0.15, 0.2) is 29.2 Å². The molecule has 1 atom stereocenters. The number of ether oxygens (including phenoxy) is 1. The molecule has 8 nitrogen and oxygen atoms in total. The molecular formula is C18H26N2O6S. The van der Waals surface area contributed by atoms with Gasteiger partial charge >= 0.3 is 5.97 Å². The molecule has 1 N–H and O–H groups in total. The van der Waals surface area contributed by atoms with E-state index in [0.29, 0.717) is 19.4 Å². The van der Waals surface area contributed by atoms with Crippen LogP contribution in [0.25, 0.3) is 0 Å². The Morgan fingerprint density at radius 1 is 1.30 bits per heavy atom. The maximum Gasteiger partial charge on any atom is 0.337 e. The predicted octanol–water partition coefficient (Wildman–Crippen LogP) is 1.28. The van der Waals surface area contributed by atoms with Gasteiger partial charge in [0.2, 0.25) is 15.9 Å². The van der Waals surface area contributed by atoms with E-state index in [1.54, 1.807) is 19.1 Å². The summed E-state index contributed by atoms with van der Waals surface area (Å²) in [5.74, 6) is -1.56. The van der Waals surface area contributed by atoms with Gasteiger partial charge in [0.25, 0.3) is 0 Å². The van der Waals surface area contributed by atoms with E-state index >= 15 is 0 Å². The zero-order valence-corrected chi connectivity index (χ0v) is 16.6. The van der Waals surface area contributed by atoms with E-state index in [1.807, 2.05) is 6.92 Å². The molecule has 1 aliphatic rings. The number of amides is 1. The Morgan fingerprint density at radius 3 is 2.44 bits per heavy atom. The van der Waals surface area contributed by atoms with Crippen molar-refractivity contribution >= 4 is 21.9 Å². The molecule has 9 heteroatoms. The topological polar surface area (TPSA) is 104 Å². The number of hydrogen-bond acceptors (Lipinski definition) is 5. The number of aromatic carboxylic acids is 1. The van der Waals surface area contributed by atoms with Crippen LogP contribution in [0.2, 0.25) is 0 Å². The lowest BCUT2D eigenvalue weighted by atomic mass is 9.96. The molecule has 2 rings (SSSR count). The van der Waals surface area contributed by atoms with Crippen LogP contribution in [0.5, 0.6) is 0 Å². The fraction of sp³-hybridized carbons (Fsp3) is 0.556. The number of hydrogen-bond donors (Lipinski definition) is 1. The Morgan fingerprint density at radius 2 is 1.89 bits per heavy atom. The first-order chi connectivity index (χ1) is 12.7. The Bertz CT molecular complexity index is 787. The number of carboxylic acids is 1. The van der Waals surface area contributed by atoms with Crippen molar-refractivity contribution in [1.82, 2.24) is 9.21 Å². The molecule has 0 aliphatic carbocycles. The number of benzene rings is 1. The van der Waals surface area contributed by atoms with Crippen LogP contribution in [0.4, 0.5) is 0 Å². The molecule has 1 aliphatic heterocycles. The highest BCUT2D eigenvalue weighted by Crippen LogP contribution is 2.27. The number of nitrogens with zero attached hydrogens (tertiary/aromatic N) is 2. The molecule has 1 aromatic carbocycles. The normalized spacial score (nSPS) is 17.4. The first-order valence-corrected chi connectivity index (χ1v) is 10.2. The van der Waals surface area contributed by atoms with E-state index in [0.717, 1.165) is 0 Å². The summed E-state index contributed by atoms with van der Waals surface area (Å²) >= 11 is 0. The van der Waals surface area contributed by atoms with Gasteiger partial charge in [-0.15, -0.1) is 0 Å². The average Bonchev–Trinajstić information content (AvgIpc) is 2.67. The van der Waals surface area contributed by atoms with Gasteiger partial charge in [0, 0.05) is 33.2 Å². The summed E-state index contributed by atoms with van der Waals surface area (Å²) in [7, 11) is -0.627. The third kappa shape index (κ3) is 4.66. The van der Waals surface area contributed by atoms with Crippen molar-refractivity contribution in [1.29, 1.82) is 0 Å². The maximum atomic E-state index is 12.9. The molecule has 1 fully saturated rings. The molecule has 1 saturated heterocycles. The molecule has 1 unspecified atom stereocenters. The molecule has 150 valence electrons. The molecule has 0 aromatic heterocycles. The minimum absolute atomic E-state index is 0.0254. The molecule has 1 heterocycles. The van der Waals surface area contributed by atoms with E-state index in [9.17, 15) is 23.1 Å². The van der Waals surface area contributed by atoms with Gasteiger partial charge in [-0.2, -0.15) is 4.31 Å². The zero-order chi connectivity index (χ0) is 20.2. The second kappa shape index (κ2) is 8.81. The van der Waals surface area contributed by atoms with E-state index in [-0.39, 0.29) is 41.4 Å². The first kappa shape index (κ1) is 21.3. The molecule has 27 heavy (non-hydrogen) atoms. The van der Waals surface area contributed by atoms with Crippen LogP contribution in [-0.2, 0) is 19.6 Å². The number of sulfonamides is 1. The lowest BCUT2D eigenvalue weighted by Crippen LogP contribution is -2.46. The van der Waals surface area contributed by atoms with E-state index in [2.05, 4.69) is 0 Å². The Balaban J connectivity index is 2.09. The minimum Gasteiger partial charge on any atom is -0.478 e. The Hall–Kier alpha value is -1.97. The summed E-state index contributed by atoms with van der Waals surface area (Å²) in [6, 6.07) is 5.51. The number of carbonyl (C=O) groups excluding carboxylic acids is 1. The second-order valence-electron chi connectivity index (χ2n) is 6.73. The van der Waals surface area contributed by atoms with Crippen LogP contribution < -0.4 is 0 Å². The highest BCUT2D eigenvalue weighted by molar-refractivity contribution is 7.89. The van der Waals surface area contributed by atoms with Crippen molar-refractivity contribution in [3.8, 4) is 0 Å². The minimum atomic E-state index is -3.92. The Labute approximate surface area is 159 Å². The van der Waals surface area contributed by atoms with Gasteiger partial charge in [-0.25, -0.2) is 13.2 Å². The zero-order valence-electron chi connectivity index (χ0n) is 15.8. The van der Waals surface area contributed by atoms with Crippen LogP contribution >= 0.6 is 0 Å². The fourth-order valence-electron chi connectivity index (χ4n) is 3.21. The Kier molecular flexibility index (Phi) is 6.96. The molecule has 0 spiro atoms. The van der Waals surface area contributed by atoms with Crippen molar-refractivity contribution in [2.75, 3.05) is 33.9 Å². The fourth-order valence-corrected chi connectivity index (χ4v) is 4.86. The molecule has 1 aromatic rings. The van der Waals surface area contributed by atoms with Crippen LogP contribution in [-0.4, -0.2) is 74.5 Å². The van der Waals surface area contributed by atoms with Crippen molar-refractivity contribution in [2.24, 2.45) is 5.92 Å². The average molecular weight is 398 g/mol. The molecule has 1 amide bonds. The van der Waals surface area contributed by atoms with Gasteiger partial charge in [-0.05, 0) is 31.9 Å². The van der Waals surface area contributed by atoms with Gasteiger partial charge in [0.05, 0.1) is 23.1 Å². The molecule has 0 saturated carbocycles. The first-order valence-electron chi connectivity index (χ1n) is 8.78. The van der Waals surface area contributed by atoms with Crippen LogP contribution in [0.1, 0.15) is 30.1 Å². The lowest BCUT2D eigenvalue weighted by Gasteiger charge is -2.34. The van der Waals surface area contributed by atoms with Crippen molar-refractivity contribution in [2.45, 2.75) is 30.7 Å². The summed E-state index contributed by atoms with van der Waals surface area (Å²) in [5.41, 5.74) is -0.246. The summed E-state index contributed by atoms with van der Waals surface area (Å²) < 4.78 is 32.1. The number of piperidine rings is 1. The summed E-state index contributed by atoms with van der Waals surface area (Å²) in [6.45, 7) is 2.68. The van der Waals surface area contributed by atoms with Gasteiger partial charge in [0.1, 0.15) is 0 Å². The summed E-state index contributed by atoms with van der Waals surface area (Å²) in [4.78, 5) is 25.4. The highest BCUT2D eigenvalue weighted by atomic mass is 32.2. The van der Waals surface area contributed by atoms with Crippen molar-refractivity contribution in [3.63, 3.8) is 0 Å². The van der Waals surface area contributed by atoms with E-state index in [4.69, 9.17) is 4.74 Å². The number of methoxy groups -OCH3 is 1. The SMILES string of the molecule is COCC(C)N(C)C(=O)C1CCN(S(=O)(=O)c2ccccc2C(=O)O)CC1. The van der Waals surface area contributed by atoms with E-state index < -0.39 is 16.0 Å². The largest absolute Gasteiger partial charge is 0.478 e. The van der Waals surface area contributed by atoms with Gasteiger partial charge in [0.15, 0.2) is 0 Å². The van der Waals surface area contributed by atoms with Gasteiger partial charge in [-0.3, -0.25) is 4.79 Å². The highest BCUT2D eigenvalue weighted by Gasteiger charge is 2.35. The number of carbonyl (C=O) groups is 2. The molecule has 0 radical (unpaired) electrons. The van der Waals surface area contributed by atoms with Crippen molar-refractivity contribution in [3.05, 3.63) is 29.8 Å². The molecular weight excluding hydrogens is 372 g/mol. The lowest BCUT2D eigenvalue weighted by molar-refractivity contribution is -0.138. The third-order valence-electron chi connectivity index (χ3n) is 4.96. The van der Waals surface area contributed by atoms with Crippen molar-refractivity contribution < 1.29 is 27.9 Å². The maximum absolute atomic E-state index is 12.9. The quantitative estimate of drug-likeness (QED) is 0.742.